The zero-order chi connectivity index (χ0) is 39.9. The molecule has 3 aliphatic heterocycles. The second-order valence-corrected chi connectivity index (χ2v) is 15.0. The number of benzene rings is 4. The van der Waals surface area contributed by atoms with E-state index in [0.29, 0.717) is 59.8 Å². The molecule has 5 aromatic rings. The molecule has 1 aromatic heterocycles. The summed E-state index contributed by atoms with van der Waals surface area (Å²) in [5.41, 5.74) is 3.81. The number of ether oxygens (including phenoxy) is 1. The van der Waals surface area contributed by atoms with E-state index in [2.05, 4.69) is 15.2 Å². The number of carbonyl (C=O) groups is 2. The molecule has 8 rings (SSSR count). The van der Waals surface area contributed by atoms with Crippen LogP contribution < -0.4 is 15.6 Å². The molecule has 298 valence electrons. The van der Waals surface area contributed by atoms with Crippen LogP contribution in [-0.2, 0) is 6.61 Å². The van der Waals surface area contributed by atoms with Gasteiger partial charge in [-0.05, 0) is 110 Å². The Morgan fingerprint density at radius 3 is 2.40 bits per heavy atom. The van der Waals surface area contributed by atoms with Crippen molar-refractivity contribution in [2.45, 2.75) is 51.0 Å². The lowest BCUT2D eigenvalue weighted by atomic mass is 9.81. The van der Waals surface area contributed by atoms with Crippen molar-refractivity contribution in [1.29, 1.82) is 0 Å². The highest BCUT2D eigenvalue weighted by atomic mass is 16.5. The maximum Gasteiger partial charge on any atom is 0.408 e. The molecule has 2 bridgehead atoms. The smallest absolute Gasteiger partial charge is 0.408 e. The number of nitrogens with zero attached hydrogens (tertiary/aromatic N) is 3. The van der Waals surface area contributed by atoms with Crippen LogP contribution in [0.2, 0.25) is 0 Å². The van der Waals surface area contributed by atoms with Gasteiger partial charge in [0.15, 0.2) is 0 Å². The van der Waals surface area contributed by atoms with Crippen molar-refractivity contribution >= 4 is 22.9 Å². The number of piperidine rings is 3. The van der Waals surface area contributed by atoms with Crippen LogP contribution in [-0.4, -0.2) is 98.9 Å². The third-order valence-electron chi connectivity index (χ3n) is 11.4. The average molecular weight is 774 g/mol. The molecule has 57 heavy (non-hydrogen) atoms. The number of hydrogen-bond acceptors (Lipinski definition) is 8. The van der Waals surface area contributed by atoms with Gasteiger partial charge in [-0.25, -0.2) is 4.79 Å². The standard InChI is InChI=1S/C45H51N5O7/c1-2-49(23-7-22-46-27-40(52)36-16-18-39(51)42-37(36)17-19-41(53)47-42)44(54)33-14-12-30(13-15-33)29-57-35-11-6-10-34(26-35)43(32-8-4-3-5-9-32)50(45(55)56)38-28-48-24-20-31(38)21-25-48/h3-6,8-19,26,31,38,40,43,46,51-52H,2,7,20-25,27-29H2,1H3,(H,47,53)(H,55,56)/t38-,40+,43?/m0/s1. The highest BCUT2D eigenvalue weighted by molar-refractivity contribution is 5.94. The summed E-state index contributed by atoms with van der Waals surface area (Å²) in [6.45, 7) is 6.95. The first-order valence-corrected chi connectivity index (χ1v) is 19.8. The lowest BCUT2D eigenvalue weighted by molar-refractivity contribution is -0.000814. The highest BCUT2D eigenvalue weighted by Gasteiger charge is 2.43. The monoisotopic (exact) mass is 773 g/mol. The number of nitrogens with one attached hydrogen (secondary N) is 2. The number of hydrogen-bond donors (Lipinski definition) is 5. The molecule has 1 unspecified atom stereocenters. The number of fused-ring (bicyclic) bond motifs is 4. The molecular weight excluding hydrogens is 723 g/mol. The molecule has 0 saturated carbocycles. The summed E-state index contributed by atoms with van der Waals surface area (Å²) in [7, 11) is 0. The molecule has 5 N–H and O–H groups in total. The van der Waals surface area contributed by atoms with Gasteiger partial charge < -0.3 is 40.2 Å². The third-order valence-corrected chi connectivity index (χ3v) is 11.4. The number of H-pyrrole nitrogens is 1. The van der Waals surface area contributed by atoms with Gasteiger partial charge in [-0.2, -0.15) is 0 Å². The minimum Gasteiger partial charge on any atom is -0.506 e. The van der Waals surface area contributed by atoms with Gasteiger partial charge in [-0.1, -0.05) is 60.7 Å². The number of carbonyl (C=O) groups excluding carboxylic acids is 1. The van der Waals surface area contributed by atoms with Crippen LogP contribution in [0.15, 0.2) is 108 Å². The van der Waals surface area contributed by atoms with Gasteiger partial charge in [0.05, 0.1) is 23.7 Å². The van der Waals surface area contributed by atoms with E-state index in [0.717, 1.165) is 49.2 Å². The Kier molecular flexibility index (Phi) is 12.5. The number of phenols is 1. The largest absolute Gasteiger partial charge is 0.506 e. The topological polar surface area (TPSA) is 159 Å². The van der Waals surface area contributed by atoms with Crippen molar-refractivity contribution in [2.75, 3.05) is 45.8 Å². The molecule has 3 fully saturated rings. The van der Waals surface area contributed by atoms with E-state index < -0.39 is 18.2 Å². The van der Waals surface area contributed by atoms with E-state index in [1.54, 1.807) is 21.9 Å². The van der Waals surface area contributed by atoms with Gasteiger partial charge >= 0.3 is 6.09 Å². The summed E-state index contributed by atoms with van der Waals surface area (Å²) in [6, 6.07) is 30.5. The van der Waals surface area contributed by atoms with Crippen molar-refractivity contribution in [3.8, 4) is 11.5 Å². The van der Waals surface area contributed by atoms with Crippen molar-refractivity contribution in [1.82, 2.24) is 25.0 Å². The van der Waals surface area contributed by atoms with Gasteiger partial charge in [0.2, 0.25) is 5.56 Å². The van der Waals surface area contributed by atoms with E-state index in [4.69, 9.17) is 4.74 Å². The fourth-order valence-corrected chi connectivity index (χ4v) is 8.41. The number of amides is 2. The molecule has 0 spiro atoms. The molecule has 3 atom stereocenters. The first-order valence-electron chi connectivity index (χ1n) is 19.8. The van der Waals surface area contributed by atoms with E-state index in [1.165, 1.54) is 12.1 Å². The van der Waals surface area contributed by atoms with Crippen LogP contribution in [0.25, 0.3) is 10.9 Å². The summed E-state index contributed by atoms with van der Waals surface area (Å²) < 4.78 is 6.26. The number of phenolic OH excluding ortho intramolecular Hbond substituents is 1. The Morgan fingerprint density at radius 2 is 1.70 bits per heavy atom. The number of aromatic nitrogens is 1. The summed E-state index contributed by atoms with van der Waals surface area (Å²) in [5.74, 6) is 0.854. The first-order chi connectivity index (χ1) is 27.7. The molecule has 0 aliphatic carbocycles. The molecule has 12 heteroatoms. The second-order valence-electron chi connectivity index (χ2n) is 15.0. The predicted molar refractivity (Wildman–Crippen MR) is 219 cm³/mol. The highest BCUT2D eigenvalue weighted by Crippen LogP contribution is 2.39. The minimum atomic E-state index is -0.918. The fraction of sp³-hybridized carbons (Fsp3) is 0.356. The van der Waals surface area contributed by atoms with Gasteiger partial charge in [0.1, 0.15) is 18.1 Å². The number of pyridine rings is 1. The average Bonchev–Trinajstić information content (AvgIpc) is 3.24. The van der Waals surface area contributed by atoms with Crippen molar-refractivity contribution in [3.63, 3.8) is 0 Å². The van der Waals surface area contributed by atoms with Crippen LogP contribution in [0.1, 0.15) is 70.9 Å². The normalized spacial score (nSPS) is 18.5. The number of rotatable bonds is 16. The van der Waals surface area contributed by atoms with Gasteiger partial charge in [0, 0.05) is 43.2 Å². The quantitative estimate of drug-likeness (QED) is 0.0742. The molecular formula is C45H51N5O7. The van der Waals surface area contributed by atoms with Gasteiger partial charge in [0.25, 0.3) is 5.91 Å². The molecule has 3 saturated heterocycles. The minimum absolute atomic E-state index is 0.0562. The van der Waals surface area contributed by atoms with Crippen LogP contribution in [0.3, 0.4) is 0 Å². The van der Waals surface area contributed by atoms with Crippen molar-refractivity contribution < 1.29 is 29.6 Å². The second kappa shape index (κ2) is 18.1. The maximum atomic E-state index is 13.4. The van der Waals surface area contributed by atoms with Gasteiger partial charge in [-0.15, -0.1) is 0 Å². The molecule has 12 nitrogen and oxygen atoms in total. The van der Waals surface area contributed by atoms with Crippen LogP contribution in [0.5, 0.6) is 11.5 Å². The summed E-state index contributed by atoms with van der Waals surface area (Å²) >= 11 is 0. The SMILES string of the molecule is CCN(CCCNC[C@@H](O)c1ccc(O)c2[nH]c(=O)ccc12)C(=O)c1ccc(COc2cccc(C(c3ccccc3)N(C(=O)O)[C@H]3CN4CCC3CC4)c2)cc1. The van der Waals surface area contributed by atoms with Crippen LogP contribution in [0.4, 0.5) is 4.79 Å². The Hall–Kier alpha value is -5.69. The van der Waals surface area contributed by atoms with Crippen LogP contribution in [0, 0.1) is 5.92 Å². The lowest BCUT2D eigenvalue weighted by Crippen LogP contribution is -2.59. The molecule has 4 heterocycles. The Morgan fingerprint density at radius 1 is 0.947 bits per heavy atom. The molecule has 3 aliphatic rings. The fourth-order valence-electron chi connectivity index (χ4n) is 8.41. The Labute approximate surface area is 332 Å². The maximum absolute atomic E-state index is 13.4. The van der Waals surface area contributed by atoms with Crippen LogP contribution >= 0.6 is 0 Å². The van der Waals surface area contributed by atoms with E-state index >= 15 is 0 Å². The zero-order valence-electron chi connectivity index (χ0n) is 32.2. The Bertz CT molecular complexity index is 2200. The third kappa shape index (κ3) is 9.15. The summed E-state index contributed by atoms with van der Waals surface area (Å²) in [4.78, 5) is 46.6. The lowest BCUT2D eigenvalue weighted by Gasteiger charge is -2.50. The zero-order valence-corrected chi connectivity index (χ0v) is 32.2. The number of aromatic amines is 1. The van der Waals surface area contributed by atoms with E-state index in [-0.39, 0.29) is 36.4 Å². The Balaban J connectivity index is 0.934. The summed E-state index contributed by atoms with van der Waals surface area (Å²) in [5, 5.41) is 35.5. The number of aromatic hydroxyl groups is 1. The number of aliphatic hydroxyl groups excluding tert-OH is 1. The predicted octanol–water partition coefficient (Wildman–Crippen LogP) is 6.15. The molecule has 4 aromatic carbocycles. The summed E-state index contributed by atoms with van der Waals surface area (Å²) in [6.07, 6.45) is 0.924. The number of aliphatic hydroxyl groups is 1. The van der Waals surface area contributed by atoms with Gasteiger partial charge in [-0.3, -0.25) is 14.5 Å². The first kappa shape index (κ1) is 39.5. The molecule has 2 amide bonds. The molecule has 0 radical (unpaired) electrons. The van der Waals surface area contributed by atoms with Crippen molar-refractivity contribution in [2.24, 2.45) is 5.92 Å². The number of carboxylic acid groups (broad SMARTS) is 1. The van der Waals surface area contributed by atoms with E-state index in [9.17, 15) is 29.7 Å². The van der Waals surface area contributed by atoms with E-state index in [1.807, 2.05) is 85.8 Å². The van der Waals surface area contributed by atoms with Crippen molar-refractivity contribution in [3.05, 3.63) is 141 Å².